The molecule has 0 saturated carbocycles. The van der Waals surface area contributed by atoms with Gasteiger partial charge in [0.15, 0.2) is 0 Å². The number of aromatic amines is 2. The summed E-state index contributed by atoms with van der Waals surface area (Å²) in [6, 6.07) is 4.86. The van der Waals surface area contributed by atoms with Crippen LogP contribution in [0, 0.1) is 0 Å². The van der Waals surface area contributed by atoms with Crippen LogP contribution in [0.2, 0.25) is 0 Å². The first-order chi connectivity index (χ1) is 8.06. The summed E-state index contributed by atoms with van der Waals surface area (Å²) in [4.78, 5) is 27.2. The van der Waals surface area contributed by atoms with Crippen molar-refractivity contribution in [3.8, 4) is 5.75 Å². The van der Waals surface area contributed by atoms with E-state index in [1.165, 1.54) is 0 Å². The lowest BCUT2D eigenvalue weighted by Gasteiger charge is -2.07. The number of hydrogen-bond donors (Lipinski definition) is 2. The number of ether oxygens (including phenoxy) is 1. The molecule has 5 nitrogen and oxygen atoms in total. The number of nitrogens with one attached hydrogen (secondary N) is 2. The van der Waals surface area contributed by atoms with Crippen molar-refractivity contribution < 1.29 is 4.74 Å². The van der Waals surface area contributed by atoms with E-state index in [1.807, 2.05) is 6.92 Å². The van der Waals surface area contributed by atoms with E-state index in [9.17, 15) is 9.59 Å². The number of halogens is 1. The number of rotatable bonds is 3. The Morgan fingerprint density at radius 3 is 2.82 bits per heavy atom. The maximum Gasteiger partial charge on any atom is 0.326 e. The Morgan fingerprint density at radius 1 is 1.35 bits per heavy atom. The molecule has 90 valence electrons. The van der Waals surface area contributed by atoms with Crippen LogP contribution in [-0.4, -0.2) is 22.0 Å². The van der Waals surface area contributed by atoms with Crippen LogP contribution in [-0.2, 0) is 0 Å². The molecule has 0 aliphatic rings. The van der Waals surface area contributed by atoms with Crippen molar-refractivity contribution >= 4 is 22.5 Å². The van der Waals surface area contributed by atoms with Crippen molar-refractivity contribution in [3.05, 3.63) is 39.0 Å². The Balaban J connectivity index is 2.43. The van der Waals surface area contributed by atoms with E-state index in [2.05, 4.69) is 9.97 Å². The van der Waals surface area contributed by atoms with Crippen LogP contribution < -0.4 is 16.0 Å². The van der Waals surface area contributed by atoms with Gasteiger partial charge in [0.25, 0.3) is 5.56 Å². The molecule has 2 rings (SSSR count). The predicted molar refractivity (Wildman–Crippen MR) is 66.0 cm³/mol. The topological polar surface area (TPSA) is 75.0 Å². The summed E-state index contributed by atoms with van der Waals surface area (Å²) in [5, 5.41) is 0.305. The molecule has 1 heterocycles. The molecule has 0 spiro atoms. The Kier molecular flexibility index (Phi) is 3.19. The number of H-pyrrole nitrogens is 2. The molecular weight excluding hydrogens is 244 g/mol. The molecule has 1 unspecified atom stereocenters. The van der Waals surface area contributed by atoms with Crippen LogP contribution in [0.15, 0.2) is 27.8 Å². The summed E-state index contributed by atoms with van der Waals surface area (Å²) in [7, 11) is 0. The van der Waals surface area contributed by atoms with Gasteiger partial charge in [0.2, 0.25) is 0 Å². The van der Waals surface area contributed by atoms with Gasteiger partial charge in [0.1, 0.15) is 12.4 Å². The minimum Gasteiger partial charge on any atom is -0.492 e. The molecule has 1 aromatic heterocycles. The van der Waals surface area contributed by atoms with Gasteiger partial charge in [0.05, 0.1) is 16.3 Å². The van der Waals surface area contributed by atoms with E-state index in [1.54, 1.807) is 18.2 Å². The van der Waals surface area contributed by atoms with Crippen LogP contribution >= 0.6 is 11.6 Å². The largest absolute Gasteiger partial charge is 0.492 e. The van der Waals surface area contributed by atoms with Crippen molar-refractivity contribution in [2.24, 2.45) is 0 Å². The highest BCUT2D eigenvalue weighted by Gasteiger charge is 2.03. The molecule has 17 heavy (non-hydrogen) atoms. The fraction of sp³-hybridized carbons (Fsp3) is 0.273. The van der Waals surface area contributed by atoms with Gasteiger partial charge >= 0.3 is 5.69 Å². The minimum absolute atomic E-state index is 0.107. The molecule has 0 amide bonds. The van der Waals surface area contributed by atoms with Crippen molar-refractivity contribution in [2.75, 3.05) is 6.61 Å². The van der Waals surface area contributed by atoms with Crippen LogP contribution in [0.4, 0.5) is 0 Å². The predicted octanol–water partition coefficient (Wildman–Crippen LogP) is 1.22. The average Bonchev–Trinajstić information content (AvgIpc) is 2.25. The number of alkyl halides is 1. The maximum absolute atomic E-state index is 11.4. The van der Waals surface area contributed by atoms with Crippen LogP contribution in [0.25, 0.3) is 10.9 Å². The Morgan fingerprint density at radius 2 is 2.12 bits per heavy atom. The minimum atomic E-state index is -0.537. The molecule has 0 aliphatic heterocycles. The van der Waals surface area contributed by atoms with Gasteiger partial charge in [-0.3, -0.25) is 9.78 Å². The zero-order valence-corrected chi connectivity index (χ0v) is 9.88. The molecule has 0 aliphatic carbocycles. The maximum atomic E-state index is 11.4. The molecule has 0 bridgehead atoms. The Hall–Kier alpha value is -1.75. The SMILES string of the molecule is CC(Cl)COc1ccc2c(=O)[nH]c(=O)[nH]c2c1. The second-order valence-corrected chi connectivity index (χ2v) is 4.45. The van der Waals surface area contributed by atoms with Crippen molar-refractivity contribution in [1.82, 2.24) is 9.97 Å². The smallest absolute Gasteiger partial charge is 0.326 e. The van der Waals surface area contributed by atoms with E-state index in [-0.39, 0.29) is 5.38 Å². The summed E-state index contributed by atoms with van der Waals surface area (Å²) < 4.78 is 5.39. The Labute approximate surface area is 101 Å². The monoisotopic (exact) mass is 254 g/mol. The number of hydrogen-bond acceptors (Lipinski definition) is 3. The summed E-state index contributed by atoms with van der Waals surface area (Å²) in [6.45, 7) is 2.18. The third-order valence-corrected chi connectivity index (χ3v) is 2.32. The standard InChI is InChI=1S/C11H11ClN2O3/c1-6(12)5-17-7-2-3-8-9(4-7)13-11(16)14-10(8)15/h2-4,6H,5H2,1H3,(H2,13,14,15,16). The molecule has 2 N–H and O–H groups in total. The van der Waals surface area contributed by atoms with E-state index in [0.717, 1.165) is 0 Å². The summed E-state index contributed by atoms with van der Waals surface area (Å²) in [6.07, 6.45) is 0. The van der Waals surface area contributed by atoms with Gasteiger partial charge in [0, 0.05) is 6.07 Å². The molecule has 0 saturated heterocycles. The zero-order valence-electron chi connectivity index (χ0n) is 9.12. The van der Waals surface area contributed by atoms with E-state index < -0.39 is 11.2 Å². The summed E-state index contributed by atoms with van der Waals surface area (Å²) >= 11 is 5.76. The lowest BCUT2D eigenvalue weighted by atomic mass is 10.2. The van der Waals surface area contributed by atoms with Gasteiger partial charge in [-0.2, -0.15) is 0 Å². The fourth-order valence-corrected chi connectivity index (χ4v) is 1.51. The Bertz CT molecular complexity index is 645. The zero-order chi connectivity index (χ0) is 12.4. The molecule has 0 radical (unpaired) electrons. The third kappa shape index (κ3) is 2.68. The van der Waals surface area contributed by atoms with Crippen molar-refractivity contribution in [1.29, 1.82) is 0 Å². The van der Waals surface area contributed by atoms with E-state index >= 15 is 0 Å². The second kappa shape index (κ2) is 4.63. The number of fused-ring (bicyclic) bond motifs is 1. The first-order valence-electron chi connectivity index (χ1n) is 5.09. The van der Waals surface area contributed by atoms with E-state index in [0.29, 0.717) is 23.3 Å². The molecule has 0 fully saturated rings. The quantitative estimate of drug-likeness (QED) is 0.809. The van der Waals surface area contributed by atoms with Gasteiger partial charge in [-0.15, -0.1) is 11.6 Å². The summed E-state index contributed by atoms with van der Waals surface area (Å²) in [5.41, 5.74) is -0.509. The highest BCUT2D eigenvalue weighted by molar-refractivity contribution is 6.20. The van der Waals surface area contributed by atoms with Crippen LogP contribution in [0.3, 0.4) is 0 Å². The number of benzene rings is 1. The molecule has 1 atom stereocenters. The first kappa shape index (κ1) is 11.7. The fourth-order valence-electron chi connectivity index (χ4n) is 1.45. The highest BCUT2D eigenvalue weighted by atomic mass is 35.5. The second-order valence-electron chi connectivity index (χ2n) is 3.71. The lowest BCUT2D eigenvalue weighted by Crippen LogP contribution is -2.21. The average molecular weight is 255 g/mol. The van der Waals surface area contributed by atoms with Crippen molar-refractivity contribution in [2.45, 2.75) is 12.3 Å². The third-order valence-electron chi connectivity index (χ3n) is 2.19. The van der Waals surface area contributed by atoms with Crippen LogP contribution in [0.1, 0.15) is 6.92 Å². The number of aromatic nitrogens is 2. The van der Waals surface area contributed by atoms with Crippen LogP contribution in [0.5, 0.6) is 5.75 Å². The molecule has 1 aromatic carbocycles. The molecule has 2 aromatic rings. The normalized spacial score (nSPS) is 12.6. The summed E-state index contributed by atoms with van der Waals surface area (Å²) in [5.74, 6) is 0.561. The molecule has 6 heteroatoms. The van der Waals surface area contributed by atoms with Gasteiger partial charge < -0.3 is 9.72 Å². The van der Waals surface area contributed by atoms with E-state index in [4.69, 9.17) is 16.3 Å². The highest BCUT2D eigenvalue weighted by Crippen LogP contribution is 2.16. The van der Waals surface area contributed by atoms with Gasteiger partial charge in [-0.05, 0) is 19.1 Å². The van der Waals surface area contributed by atoms with Gasteiger partial charge in [-0.1, -0.05) is 0 Å². The van der Waals surface area contributed by atoms with Crippen molar-refractivity contribution in [3.63, 3.8) is 0 Å². The molecular formula is C11H11ClN2O3. The van der Waals surface area contributed by atoms with Gasteiger partial charge in [-0.25, -0.2) is 4.79 Å². The lowest BCUT2D eigenvalue weighted by molar-refractivity contribution is 0.320. The first-order valence-corrected chi connectivity index (χ1v) is 5.53.